The van der Waals surface area contributed by atoms with Crippen LogP contribution in [-0.2, 0) is 0 Å². The summed E-state index contributed by atoms with van der Waals surface area (Å²) in [5.74, 6) is 0.927. The number of nitrogens with zero attached hydrogens (tertiary/aromatic N) is 2. The summed E-state index contributed by atoms with van der Waals surface area (Å²) in [4.78, 5) is 4.66. The summed E-state index contributed by atoms with van der Waals surface area (Å²) in [7, 11) is 0. The summed E-state index contributed by atoms with van der Waals surface area (Å²) in [6.07, 6.45) is 0. The molecule has 0 aliphatic rings. The minimum Gasteiger partial charge on any atom is -0.455 e. The van der Waals surface area contributed by atoms with E-state index in [2.05, 4.69) is 244 Å². The van der Waals surface area contributed by atoms with Crippen molar-refractivity contribution in [1.29, 1.82) is 0 Å². The van der Waals surface area contributed by atoms with Gasteiger partial charge in [0.25, 0.3) is 0 Å². The molecule has 0 amide bonds. The zero-order chi connectivity index (χ0) is 44.5. The maximum Gasteiger partial charge on any atom is 0.147 e. The van der Waals surface area contributed by atoms with Crippen molar-refractivity contribution in [2.75, 3.05) is 9.80 Å². The molecule has 66 heavy (non-hydrogen) atoms. The van der Waals surface area contributed by atoms with E-state index < -0.39 is 0 Å². The van der Waals surface area contributed by atoms with Crippen LogP contribution in [0.4, 0.5) is 34.1 Å². The normalized spacial score (nSPS) is 11.9. The van der Waals surface area contributed by atoms with Crippen LogP contribution < -0.4 is 9.80 Å². The van der Waals surface area contributed by atoms with Crippen molar-refractivity contribution in [2.45, 2.75) is 39.5 Å². The Morgan fingerprint density at radius 2 is 0.697 bits per heavy atom. The van der Waals surface area contributed by atoms with Crippen LogP contribution in [0.15, 0.2) is 215 Å². The van der Waals surface area contributed by atoms with Gasteiger partial charge in [-0.05, 0) is 153 Å². The van der Waals surface area contributed by atoms with Gasteiger partial charge in [-0.15, -0.1) is 0 Å². The van der Waals surface area contributed by atoms with Gasteiger partial charge < -0.3 is 18.6 Å². The lowest BCUT2D eigenvalue weighted by molar-refractivity contribution is 0.658. The van der Waals surface area contributed by atoms with Crippen LogP contribution in [-0.4, -0.2) is 0 Å². The Hall–Kier alpha value is -8.08. The fourth-order valence-electron chi connectivity index (χ4n) is 9.81. The molecule has 0 fully saturated rings. The zero-order valence-corrected chi connectivity index (χ0v) is 37.5. The van der Waals surface area contributed by atoms with Crippen molar-refractivity contribution >= 4 is 99.5 Å². The molecule has 0 saturated carbocycles. The van der Waals surface area contributed by atoms with E-state index in [1.165, 1.54) is 11.1 Å². The van der Waals surface area contributed by atoms with Crippen LogP contribution in [0.25, 0.3) is 76.5 Å². The third-order valence-electron chi connectivity index (χ3n) is 13.3. The molecule has 0 atom stereocenters. The molecule has 4 nitrogen and oxygen atoms in total. The van der Waals surface area contributed by atoms with E-state index in [0.29, 0.717) is 11.8 Å². The fraction of sp³-hybridized carbons (Fsp3) is 0.0968. The Balaban J connectivity index is 1.01. The van der Waals surface area contributed by atoms with Gasteiger partial charge in [-0.1, -0.05) is 131 Å². The molecular weight excluding hydrogens is 805 g/mol. The molecule has 0 aliphatic carbocycles. The summed E-state index contributed by atoms with van der Waals surface area (Å²) < 4.78 is 14.0. The second kappa shape index (κ2) is 15.9. The largest absolute Gasteiger partial charge is 0.455 e. The van der Waals surface area contributed by atoms with Gasteiger partial charge in [-0.2, -0.15) is 0 Å². The molecule has 10 aromatic carbocycles. The summed E-state index contributed by atoms with van der Waals surface area (Å²) in [6.45, 7) is 8.94. The van der Waals surface area contributed by atoms with Gasteiger partial charge in [0.05, 0.1) is 5.56 Å². The molecule has 2 heterocycles. The fourth-order valence-corrected chi connectivity index (χ4v) is 9.81. The molecule has 4 heteroatoms. The van der Waals surface area contributed by atoms with Crippen LogP contribution in [0.5, 0.6) is 0 Å². The second-order valence-corrected chi connectivity index (χ2v) is 18.2. The van der Waals surface area contributed by atoms with Gasteiger partial charge >= 0.3 is 0 Å². The van der Waals surface area contributed by atoms with E-state index in [9.17, 15) is 0 Å². The van der Waals surface area contributed by atoms with Crippen molar-refractivity contribution in [1.82, 2.24) is 0 Å². The van der Waals surface area contributed by atoms with E-state index >= 15 is 0 Å². The van der Waals surface area contributed by atoms with E-state index in [0.717, 1.165) is 111 Å². The highest BCUT2D eigenvalue weighted by Crippen LogP contribution is 2.47. The molecule has 0 radical (unpaired) electrons. The van der Waals surface area contributed by atoms with Crippen molar-refractivity contribution in [3.05, 3.63) is 217 Å². The van der Waals surface area contributed by atoms with Crippen molar-refractivity contribution in [3.8, 4) is 11.1 Å². The molecule has 318 valence electrons. The van der Waals surface area contributed by atoms with Crippen LogP contribution in [0, 0.1) is 0 Å². The number of para-hydroxylation sites is 2. The smallest absolute Gasteiger partial charge is 0.147 e. The van der Waals surface area contributed by atoms with Crippen LogP contribution in [0.2, 0.25) is 0 Å². The first kappa shape index (κ1) is 39.5. The maximum absolute atomic E-state index is 7.00. The summed E-state index contributed by atoms with van der Waals surface area (Å²) in [6, 6.07) is 74.4. The topological polar surface area (TPSA) is 32.8 Å². The lowest BCUT2D eigenvalue weighted by atomic mass is 9.97. The zero-order valence-electron chi connectivity index (χ0n) is 37.5. The van der Waals surface area contributed by atoms with Crippen molar-refractivity contribution < 1.29 is 8.83 Å². The van der Waals surface area contributed by atoms with Gasteiger partial charge in [-0.3, -0.25) is 0 Å². The Bertz CT molecular complexity index is 3510. The lowest BCUT2D eigenvalue weighted by Crippen LogP contribution is -2.09. The van der Waals surface area contributed by atoms with Crippen LogP contribution >= 0.6 is 0 Å². The molecule has 0 aliphatic heterocycles. The van der Waals surface area contributed by atoms with Gasteiger partial charge in [-0.25, -0.2) is 0 Å². The number of rotatable bonds is 9. The van der Waals surface area contributed by atoms with E-state index in [-0.39, 0.29) is 0 Å². The summed E-state index contributed by atoms with van der Waals surface area (Å²) in [5.41, 5.74) is 14.6. The molecule has 12 aromatic rings. The number of benzene rings is 10. The Morgan fingerprint density at radius 3 is 1.11 bits per heavy atom. The van der Waals surface area contributed by atoms with Gasteiger partial charge in [0.15, 0.2) is 0 Å². The second-order valence-electron chi connectivity index (χ2n) is 18.2. The molecule has 12 rings (SSSR count). The van der Waals surface area contributed by atoms with E-state index in [1.54, 1.807) is 0 Å². The molecule has 2 aromatic heterocycles. The highest BCUT2D eigenvalue weighted by molar-refractivity contribution is 6.24. The molecular formula is C62H48N2O2. The lowest BCUT2D eigenvalue weighted by Gasteiger charge is -2.26. The van der Waals surface area contributed by atoms with E-state index in [1.807, 2.05) is 0 Å². The molecule has 0 saturated heterocycles. The van der Waals surface area contributed by atoms with E-state index in [4.69, 9.17) is 8.83 Å². The molecule has 0 unspecified atom stereocenters. The standard InChI is InChI=1S/C62H48N2O2/c1-39(2)41-20-26-50(27-21-41)63(48-16-10-6-11-17-48)52-30-24-44-34-54-56-38-57-55-35-45-25-31-53(64(49-18-12-7-13-19-49)51-28-22-42(23-29-51)40(3)4)33-47(45)37-59(55)66-62(57)60(43-14-8-5-9-15-43)61(56)65-58(54)36-46(44)32-52/h5-40H,1-4H3. The van der Waals surface area contributed by atoms with Crippen LogP contribution in [0.3, 0.4) is 0 Å². The first-order chi connectivity index (χ1) is 32.3. The Labute approximate surface area is 384 Å². The number of anilines is 6. The quantitative estimate of drug-likeness (QED) is 0.145. The Morgan fingerprint density at radius 1 is 0.318 bits per heavy atom. The van der Waals surface area contributed by atoms with Crippen molar-refractivity contribution in [2.24, 2.45) is 0 Å². The average molecular weight is 853 g/mol. The summed E-state index contributed by atoms with van der Waals surface area (Å²) in [5, 5.41) is 8.82. The predicted molar refractivity (Wildman–Crippen MR) is 279 cm³/mol. The van der Waals surface area contributed by atoms with Gasteiger partial charge in [0.2, 0.25) is 0 Å². The SMILES string of the molecule is CC(C)c1ccc(N(c2ccccc2)c2ccc3cc4c(cc3c2)oc2c(-c3ccccc3)c3oc5cc6cc(N(c7ccccc7)c7ccc(C(C)C)cc7)ccc6cc5c3cc24)cc1. The van der Waals surface area contributed by atoms with Gasteiger partial charge in [0.1, 0.15) is 22.3 Å². The number of hydrogen-bond donors (Lipinski definition) is 0. The highest BCUT2D eigenvalue weighted by Gasteiger charge is 2.23. The third kappa shape index (κ3) is 6.76. The highest BCUT2D eigenvalue weighted by atomic mass is 16.3. The van der Waals surface area contributed by atoms with Gasteiger partial charge in [0, 0.05) is 55.7 Å². The summed E-state index contributed by atoms with van der Waals surface area (Å²) >= 11 is 0. The minimum absolute atomic E-state index is 0.464. The monoisotopic (exact) mass is 852 g/mol. The number of furan rings is 2. The molecule has 0 N–H and O–H groups in total. The molecule has 0 bridgehead atoms. The maximum atomic E-state index is 7.00. The first-order valence-electron chi connectivity index (χ1n) is 23.0. The third-order valence-corrected chi connectivity index (χ3v) is 13.3. The first-order valence-corrected chi connectivity index (χ1v) is 23.0. The number of fused-ring (bicyclic) bond motifs is 8. The Kier molecular flexibility index (Phi) is 9.50. The number of hydrogen-bond acceptors (Lipinski definition) is 4. The predicted octanol–water partition coefficient (Wildman–Crippen LogP) is 18.6. The molecule has 0 spiro atoms. The van der Waals surface area contributed by atoms with Crippen molar-refractivity contribution in [3.63, 3.8) is 0 Å². The average Bonchev–Trinajstić information content (AvgIpc) is 3.89. The van der Waals surface area contributed by atoms with Crippen LogP contribution in [0.1, 0.15) is 50.7 Å². The minimum atomic E-state index is 0.464.